The molecule has 0 bridgehead atoms. The van der Waals surface area contributed by atoms with E-state index in [0.29, 0.717) is 29.9 Å². The van der Waals surface area contributed by atoms with Gasteiger partial charge in [-0.05, 0) is 56.5 Å². The third kappa shape index (κ3) is 4.41. The number of aromatic amines is 1. The van der Waals surface area contributed by atoms with E-state index in [9.17, 15) is 19.5 Å². The number of nitrogens with zero attached hydrogens (tertiary/aromatic N) is 2. The Bertz CT molecular complexity index is 1090. The van der Waals surface area contributed by atoms with E-state index < -0.39 is 29.5 Å². The van der Waals surface area contributed by atoms with Crippen LogP contribution in [0.2, 0.25) is 0 Å². The van der Waals surface area contributed by atoms with E-state index in [0.717, 1.165) is 13.1 Å². The number of pyridine rings is 1. The van der Waals surface area contributed by atoms with E-state index >= 15 is 0 Å². The molecule has 1 atom stereocenters. The number of ether oxygens (including phenoxy) is 1. The molecule has 2 N–H and O–H groups in total. The van der Waals surface area contributed by atoms with Gasteiger partial charge in [0.2, 0.25) is 5.78 Å². The predicted molar refractivity (Wildman–Crippen MR) is 119 cm³/mol. The van der Waals surface area contributed by atoms with Crippen molar-refractivity contribution < 1.29 is 29.1 Å². The first kappa shape index (κ1) is 24.2. The fraction of sp³-hybridized carbons (Fsp3) is 0.417. The second-order valence-corrected chi connectivity index (χ2v) is 8.08. The lowest BCUT2D eigenvalue weighted by atomic mass is 9.94. The fourth-order valence-corrected chi connectivity index (χ4v) is 4.41. The monoisotopic (exact) mass is 454 g/mol. The summed E-state index contributed by atoms with van der Waals surface area (Å²) in [4.78, 5) is 48.0. The van der Waals surface area contributed by atoms with Gasteiger partial charge in [0, 0.05) is 23.7 Å². The van der Waals surface area contributed by atoms with Crippen LogP contribution in [-0.2, 0) is 14.3 Å². The van der Waals surface area contributed by atoms with E-state index in [1.54, 1.807) is 38.4 Å². The normalized spacial score (nSPS) is 17.8. The number of hydrogen-bond acceptors (Lipinski definition) is 6. The molecule has 0 aromatic carbocycles. The van der Waals surface area contributed by atoms with Crippen LogP contribution in [0.5, 0.6) is 0 Å². The average Bonchev–Trinajstić information content (AvgIpc) is 3.26. The van der Waals surface area contributed by atoms with Gasteiger partial charge in [-0.25, -0.2) is 4.79 Å². The molecule has 0 saturated carbocycles. The Morgan fingerprint density at radius 3 is 2.42 bits per heavy atom. The summed E-state index contributed by atoms with van der Waals surface area (Å²) in [6.07, 6.45) is 3.14. The summed E-state index contributed by atoms with van der Waals surface area (Å²) >= 11 is 0. The molecule has 1 unspecified atom stereocenters. The molecule has 1 fully saturated rings. The van der Waals surface area contributed by atoms with Gasteiger partial charge < -0.3 is 24.6 Å². The Morgan fingerprint density at radius 1 is 1.21 bits per heavy atom. The van der Waals surface area contributed by atoms with Crippen LogP contribution in [0.3, 0.4) is 0 Å². The zero-order valence-corrected chi connectivity index (χ0v) is 19.7. The van der Waals surface area contributed by atoms with Crippen molar-refractivity contribution in [1.82, 2.24) is 14.9 Å². The van der Waals surface area contributed by atoms with Gasteiger partial charge >= 0.3 is 5.97 Å². The maximum atomic E-state index is 13.7. The summed E-state index contributed by atoms with van der Waals surface area (Å²) in [5.74, 6) is -2.67. The number of quaternary nitrogens is 1. The molecule has 1 aliphatic heterocycles. The maximum absolute atomic E-state index is 13.7. The largest absolute Gasteiger partial charge is 0.872 e. The van der Waals surface area contributed by atoms with Crippen LogP contribution in [0.1, 0.15) is 52.8 Å². The van der Waals surface area contributed by atoms with Gasteiger partial charge in [0.25, 0.3) is 5.91 Å². The highest BCUT2D eigenvalue weighted by atomic mass is 16.5. The molecule has 3 heterocycles. The second-order valence-electron chi connectivity index (χ2n) is 8.08. The van der Waals surface area contributed by atoms with E-state index in [1.165, 1.54) is 16.9 Å². The van der Waals surface area contributed by atoms with Gasteiger partial charge in [0.05, 0.1) is 39.3 Å². The SMILES string of the molecule is CC[NH+](CC)CCN1C(=O)C(=O)C(=C([O-])c2c(C)[nH]c(C(=O)OC)c2C)C1c1ccncc1. The van der Waals surface area contributed by atoms with Gasteiger partial charge in [-0.3, -0.25) is 14.6 Å². The molecule has 0 spiro atoms. The van der Waals surface area contributed by atoms with Crippen molar-refractivity contribution in [2.75, 3.05) is 33.3 Å². The average molecular weight is 455 g/mol. The molecule has 1 amide bonds. The molecule has 2 aromatic rings. The first-order chi connectivity index (χ1) is 15.8. The lowest BCUT2D eigenvalue weighted by Gasteiger charge is -2.28. The number of ketones is 1. The van der Waals surface area contributed by atoms with Gasteiger partial charge in [-0.2, -0.15) is 0 Å². The second kappa shape index (κ2) is 9.99. The summed E-state index contributed by atoms with van der Waals surface area (Å²) in [6.45, 7) is 10.2. The van der Waals surface area contributed by atoms with Crippen LogP contribution < -0.4 is 10.0 Å². The third-order valence-electron chi connectivity index (χ3n) is 6.31. The van der Waals surface area contributed by atoms with Crippen molar-refractivity contribution in [1.29, 1.82) is 0 Å². The number of amides is 1. The minimum Gasteiger partial charge on any atom is -0.872 e. The van der Waals surface area contributed by atoms with Crippen LogP contribution in [-0.4, -0.2) is 65.8 Å². The molecule has 1 aliphatic rings. The summed E-state index contributed by atoms with van der Waals surface area (Å²) in [6, 6.07) is 2.60. The Kier molecular flexibility index (Phi) is 7.33. The molecule has 2 aromatic heterocycles. The number of carbonyl (C=O) groups is 3. The van der Waals surface area contributed by atoms with E-state index in [2.05, 4.69) is 23.8 Å². The van der Waals surface area contributed by atoms with Gasteiger partial charge in [-0.1, -0.05) is 5.76 Å². The number of nitrogens with one attached hydrogen (secondary N) is 2. The standard InChI is InChI=1S/C24H30N4O5/c1-6-27(7-2)12-13-28-20(16-8-10-25-11-9-16)18(22(30)23(28)31)21(29)17-14(3)19(24(32)33-5)26-15(17)4/h8-11,20,26,29H,6-7,12-13H2,1-5H3. The molecule has 9 heteroatoms. The number of rotatable bonds is 8. The highest BCUT2D eigenvalue weighted by Gasteiger charge is 2.44. The van der Waals surface area contributed by atoms with Crippen molar-refractivity contribution in [3.63, 3.8) is 0 Å². The summed E-state index contributed by atoms with van der Waals surface area (Å²) in [5, 5.41) is 13.7. The molecular weight excluding hydrogens is 424 g/mol. The molecular formula is C24H30N4O5. The first-order valence-corrected chi connectivity index (χ1v) is 11.0. The number of carbonyl (C=O) groups excluding carboxylic acids is 3. The number of H-pyrrole nitrogens is 1. The van der Waals surface area contributed by atoms with Crippen molar-refractivity contribution in [3.8, 4) is 0 Å². The number of aryl methyl sites for hydroxylation is 1. The van der Waals surface area contributed by atoms with Crippen LogP contribution >= 0.6 is 0 Å². The lowest BCUT2D eigenvalue weighted by Crippen LogP contribution is -3.12. The van der Waals surface area contributed by atoms with Crippen molar-refractivity contribution in [2.24, 2.45) is 0 Å². The lowest BCUT2D eigenvalue weighted by molar-refractivity contribution is -0.895. The van der Waals surface area contributed by atoms with Crippen molar-refractivity contribution in [2.45, 2.75) is 33.7 Å². The smallest absolute Gasteiger partial charge is 0.354 e. The summed E-state index contributed by atoms with van der Waals surface area (Å²) < 4.78 is 4.79. The van der Waals surface area contributed by atoms with Crippen LogP contribution in [0.15, 0.2) is 30.1 Å². The van der Waals surface area contributed by atoms with E-state index in [4.69, 9.17) is 4.74 Å². The topological polar surface area (TPSA) is 120 Å². The number of Topliss-reactive ketones (excluding diaryl/α,β-unsaturated/α-hetero) is 1. The minimum atomic E-state index is -0.814. The van der Waals surface area contributed by atoms with Crippen LogP contribution in [0.25, 0.3) is 5.76 Å². The molecule has 1 saturated heterocycles. The highest BCUT2D eigenvalue weighted by molar-refractivity contribution is 6.46. The van der Waals surface area contributed by atoms with Crippen molar-refractivity contribution >= 4 is 23.4 Å². The Morgan fingerprint density at radius 2 is 1.85 bits per heavy atom. The fourth-order valence-electron chi connectivity index (χ4n) is 4.41. The Balaban J connectivity index is 2.16. The van der Waals surface area contributed by atoms with Gasteiger partial charge in [-0.15, -0.1) is 0 Å². The number of esters is 1. The summed E-state index contributed by atoms with van der Waals surface area (Å²) in [5.41, 5.74) is 1.71. The zero-order chi connectivity index (χ0) is 24.3. The number of likely N-dealkylation sites (tertiary alicyclic amines) is 1. The molecule has 3 rings (SSSR count). The zero-order valence-electron chi connectivity index (χ0n) is 19.7. The van der Waals surface area contributed by atoms with Gasteiger partial charge in [0.1, 0.15) is 5.69 Å². The van der Waals surface area contributed by atoms with Crippen LogP contribution in [0.4, 0.5) is 0 Å². The first-order valence-electron chi connectivity index (χ1n) is 11.0. The highest BCUT2D eigenvalue weighted by Crippen LogP contribution is 2.39. The molecule has 0 aliphatic carbocycles. The summed E-state index contributed by atoms with van der Waals surface area (Å²) in [7, 11) is 1.25. The maximum Gasteiger partial charge on any atom is 0.354 e. The Hall–Kier alpha value is -3.46. The minimum absolute atomic E-state index is 0.109. The van der Waals surface area contributed by atoms with Crippen LogP contribution in [0, 0.1) is 13.8 Å². The predicted octanol–water partition coefficient (Wildman–Crippen LogP) is -0.0382. The Labute approximate surface area is 193 Å². The van der Waals surface area contributed by atoms with E-state index in [1.807, 2.05) is 0 Å². The number of aromatic nitrogens is 2. The number of methoxy groups -OCH3 is 1. The number of hydrogen-bond donors (Lipinski definition) is 2. The third-order valence-corrected chi connectivity index (χ3v) is 6.31. The molecule has 33 heavy (non-hydrogen) atoms. The molecule has 9 nitrogen and oxygen atoms in total. The molecule has 176 valence electrons. The van der Waals surface area contributed by atoms with Crippen molar-refractivity contribution in [3.05, 3.63) is 58.2 Å². The number of likely N-dealkylation sites (N-methyl/N-ethyl adjacent to an activating group) is 1. The van der Waals surface area contributed by atoms with Gasteiger partial charge in [0.15, 0.2) is 0 Å². The van der Waals surface area contributed by atoms with E-state index in [-0.39, 0.29) is 16.8 Å². The molecule has 0 radical (unpaired) electrons. The quantitative estimate of drug-likeness (QED) is 0.250.